The Morgan fingerprint density at radius 3 is 1.29 bits per heavy atom. The van der Waals surface area contributed by atoms with Gasteiger partial charge in [-0.15, -0.1) is 44.2 Å². The second kappa shape index (κ2) is 8.22. The summed E-state index contributed by atoms with van der Waals surface area (Å²) in [5, 5.41) is 8.14. The number of aromatic nitrogens is 2. The van der Waals surface area contributed by atoms with Crippen molar-refractivity contribution in [2.75, 3.05) is 0 Å². The van der Waals surface area contributed by atoms with Crippen LogP contribution in [0.2, 0.25) is 0 Å². The fourth-order valence-corrected chi connectivity index (χ4v) is 2.17. The van der Waals surface area contributed by atoms with Crippen molar-refractivity contribution < 1.29 is 4.42 Å². The first-order valence-electron chi connectivity index (χ1n) is 5.58. The predicted molar refractivity (Wildman–Crippen MR) is 101 cm³/mol. The number of hydrogen-bond donors (Lipinski definition) is 0. The Morgan fingerprint density at radius 1 is 0.619 bits per heavy atom. The highest BCUT2D eigenvalue weighted by atomic mass is 79.9. The van der Waals surface area contributed by atoms with Crippen molar-refractivity contribution in [3.8, 4) is 22.9 Å². The van der Waals surface area contributed by atoms with Crippen LogP contribution in [0.3, 0.4) is 0 Å². The zero-order chi connectivity index (χ0) is 13.2. The Labute approximate surface area is 160 Å². The second-order valence-electron chi connectivity index (χ2n) is 3.93. The molecule has 0 aliphatic rings. The summed E-state index contributed by atoms with van der Waals surface area (Å²) in [5.41, 5.74) is 1.80. The van der Waals surface area contributed by atoms with Gasteiger partial charge >= 0.3 is 0 Å². The normalized spacial score (nSPS) is 9.62. The molecule has 0 aliphatic heterocycles. The predicted octanol–water partition coefficient (Wildman–Crippen LogP) is 6.08. The Bertz CT molecular complexity index is 636. The minimum absolute atomic E-state index is 0. The van der Waals surface area contributed by atoms with Gasteiger partial charge in [0.25, 0.3) is 0 Å². The second-order valence-corrected chi connectivity index (χ2v) is 5.76. The molecule has 7 heteroatoms. The van der Waals surface area contributed by atoms with Gasteiger partial charge in [0.05, 0.1) is 0 Å². The lowest BCUT2D eigenvalue weighted by atomic mass is 10.2. The summed E-state index contributed by atoms with van der Waals surface area (Å²) in [6.45, 7) is 0. The first kappa shape index (κ1) is 18.5. The molecule has 3 nitrogen and oxygen atoms in total. The topological polar surface area (TPSA) is 38.9 Å². The van der Waals surface area contributed by atoms with Gasteiger partial charge in [0.15, 0.2) is 0 Å². The minimum Gasteiger partial charge on any atom is -0.416 e. The van der Waals surface area contributed by atoms with Crippen LogP contribution >= 0.6 is 65.8 Å². The number of rotatable bonds is 2. The van der Waals surface area contributed by atoms with Gasteiger partial charge < -0.3 is 4.42 Å². The maximum absolute atomic E-state index is 5.68. The third-order valence-corrected chi connectivity index (χ3v) is 3.66. The number of benzene rings is 2. The maximum Gasteiger partial charge on any atom is 0.248 e. The van der Waals surface area contributed by atoms with Crippen LogP contribution in [0.15, 0.2) is 61.9 Å². The molecule has 0 fully saturated rings. The van der Waals surface area contributed by atoms with Crippen LogP contribution in [-0.2, 0) is 0 Å². The largest absolute Gasteiger partial charge is 0.416 e. The molecular weight excluding hydrogens is 532 g/mol. The van der Waals surface area contributed by atoms with E-state index in [1.54, 1.807) is 0 Å². The number of hydrogen-bond acceptors (Lipinski definition) is 3. The summed E-state index contributed by atoms with van der Waals surface area (Å²) in [4.78, 5) is 0. The van der Waals surface area contributed by atoms with Gasteiger partial charge in [-0.05, 0) is 48.5 Å². The van der Waals surface area contributed by atoms with Gasteiger partial charge in [-0.1, -0.05) is 31.9 Å². The van der Waals surface area contributed by atoms with Gasteiger partial charge in [0, 0.05) is 20.1 Å². The molecule has 0 radical (unpaired) electrons. The van der Waals surface area contributed by atoms with Crippen LogP contribution < -0.4 is 0 Å². The van der Waals surface area contributed by atoms with E-state index in [-0.39, 0.29) is 34.0 Å². The maximum atomic E-state index is 5.68. The van der Waals surface area contributed by atoms with Crippen LogP contribution in [0.1, 0.15) is 0 Å². The lowest BCUT2D eigenvalue weighted by Gasteiger charge is -1.96. The summed E-state index contributed by atoms with van der Waals surface area (Å²) in [5.74, 6) is 1.04. The number of nitrogens with zero attached hydrogens (tertiary/aromatic N) is 2. The van der Waals surface area contributed by atoms with E-state index >= 15 is 0 Å². The van der Waals surface area contributed by atoms with Gasteiger partial charge in [-0.25, -0.2) is 0 Å². The standard InChI is InChI=1S/C14H8Br2N2O.2BrH/c15-11-5-1-9(2-6-11)13-17-18-14(19-13)10-3-7-12(16)8-4-10;;/h1-8H;2*1H. The Morgan fingerprint density at radius 2 is 0.952 bits per heavy atom. The molecule has 0 aliphatic carbocycles. The van der Waals surface area contributed by atoms with E-state index in [0.717, 1.165) is 20.1 Å². The van der Waals surface area contributed by atoms with Crippen molar-refractivity contribution in [1.29, 1.82) is 0 Å². The molecule has 0 unspecified atom stereocenters. The molecule has 21 heavy (non-hydrogen) atoms. The summed E-state index contributed by atoms with van der Waals surface area (Å²) in [7, 11) is 0. The molecule has 0 N–H and O–H groups in total. The average Bonchev–Trinajstić information content (AvgIpc) is 2.90. The quantitative estimate of drug-likeness (QED) is 0.394. The van der Waals surface area contributed by atoms with E-state index in [2.05, 4.69) is 42.1 Å². The third-order valence-electron chi connectivity index (χ3n) is 2.61. The van der Waals surface area contributed by atoms with Gasteiger partial charge in [0.1, 0.15) is 0 Å². The highest BCUT2D eigenvalue weighted by Gasteiger charge is 2.10. The molecule has 0 spiro atoms. The smallest absolute Gasteiger partial charge is 0.248 e. The van der Waals surface area contributed by atoms with E-state index in [4.69, 9.17) is 4.42 Å². The molecule has 0 atom stereocenters. The van der Waals surface area contributed by atoms with Crippen molar-refractivity contribution in [3.63, 3.8) is 0 Å². The molecule has 0 saturated heterocycles. The van der Waals surface area contributed by atoms with Crippen LogP contribution in [0.4, 0.5) is 0 Å². The molecule has 1 heterocycles. The fourth-order valence-electron chi connectivity index (χ4n) is 1.64. The lowest BCUT2D eigenvalue weighted by molar-refractivity contribution is 0.584. The van der Waals surface area contributed by atoms with Crippen molar-refractivity contribution in [2.45, 2.75) is 0 Å². The Hall–Kier alpha value is -0.500. The van der Waals surface area contributed by atoms with Crippen molar-refractivity contribution in [1.82, 2.24) is 10.2 Å². The zero-order valence-corrected chi connectivity index (χ0v) is 17.1. The highest BCUT2D eigenvalue weighted by molar-refractivity contribution is 9.10. The summed E-state index contributed by atoms with van der Waals surface area (Å²) < 4.78 is 7.72. The first-order valence-corrected chi connectivity index (χ1v) is 7.16. The monoisotopic (exact) mass is 538 g/mol. The van der Waals surface area contributed by atoms with Crippen LogP contribution in [0.5, 0.6) is 0 Å². The fraction of sp³-hybridized carbons (Fsp3) is 0. The molecule has 110 valence electrons. The molecule has 1 aromatic heterocycles. The van der Waals surface area contributed by atoms with Gasteiger partial charge in [-0.3, -0.25) is 0 Å². The Kier molecular flexibility index (Phi) is 7.26. The van der Waals surface area contributed by atoms with Crippen molar-refractivity contribution in [3.05, 3.63) is 57.5 Å². The van der Waals surface area contributed by atoms with E-state index < -0.39 is 0 Å². The molecule has 0 bridgehead atoms. The molecular formula is C14H10Br4N2O. The van der Waals surface area contributed by atoms with Gasteiger partial charge in [0.2, 0.25) is 11.8 Å². The van der Waals surface area contributed by atoms with E-state index in [0.29, 0.717) is 11.8 Å². The molecule has 0 amide bonds. The van der Waals surface area contributed by atoms with Crippen molar-refractivity contribution in [2.24, 2.45) is 0 Å². The summed E-state index contributed by atoms with van der Waals surface area (Å²) in [6.07, 6.45) is 0. The summed E-state index contributed by atoms with van der Waals surface area (Å²) >= 11 is 6.79. The SMILES string of the molecule is Br.Br.Brc1ccc(-c2nnc(-c3ccc(Br)cc3)o2)cc1. The summed E-state index contributed by atoms with van der Waals surface area (Å²) in [6, 6.07) is 15.5. The van der Waals surface area contributed by atoms with Crippen LogP contribution in [0, 0.1) is 0 Å². The van der Waals surface area contributed by atoms with E-state index in [1.807, 2.05) is 48.5 Å². The van der Waals surface area contributed by atoms with E-state index in [9.17, 15) is 0 Å². The average molecular weight is 542 g/mol. The molecule has 2 aromatic carbocycles. The zero-order valence-electron chi connectivity index (χ0n) is 10.5. The van der Waals surface area contributed by atoms with E-state index in [1.165, 1.54) is 0 Å². The lowest BCUT2D eigenvalue weighted by Crippen LogP contribution is -1.77. The molecule has 3 rings (SSSR count). The first-order chi connectivity index (χ1) is 9.22. The van der Waals surface area contributed by atoms with Crippen LogP contribution in [0.25, 0.3) is 22.9 Å². The minimum atomic E-state index is 0. The van der Waals surface area contributed by atoms with Crippen LogP contribution in [-0.4, -0.2) is 10.2 Å². The molecule has 3 aromatic rings. The van der Waals surface area contributed by atoms with Crippen molar-refractivity contribution >= 4 is 65.8 Å². The Balaban J connectivity index is 0.00000110. The molecule has 0 saturated carbocycles. The van der Waals surface area contributed by atoms with Gasteiger partial charge in [-0.2, -0.15) is 0 Å². The third kappa shape index (κ3) is 4.48. The highest BCUT2D eigenvalue weighted by Crippen LogP contribution is 2.25. The number of halogens is 4.